The highest BCUT2D eigenvalue weighted by molar-refractivity contribution is 9.10. The van der Waals surface area contributed by atoms with Crippen LogP contribution in [-0.4, -0.2) is 34.6 Å². The average Bonchev–Trinajstić information content (AvgIpc) is 2.88. The normalized spacial score (nSPS) is 12.3. The van der Waals surface area contributed by atoms with Crippen LogP contribution >= 0.6 is 15.9 Å². The van der Waals surface area contributed by atoms with E-state index in [0.717, 1.165) is 28.1 Å². The Morgan fingerprint density at radius 2 is 1.94 bits per heavy atom. The van der Waals surface area contributed by atoms with Crippen molar-refractivity contribution in [2.45, 2.75) is 46.1 Å². The lowest BCUT2D eigenvalue weighted by atomic mass is 10.0. The van der Waals surface area contributed by atoms with Crippen molar-refractivity contribution in [1.29, 1.82) is 0 Å². The van der Waals surface area contributed by atoms with Crippen molar-refractivity contribution >= 4 is 49.8 Å². The highest BCUT2D eigenvalue weighted by atomic mass is 79.9. The Bertz CT molecular complexity index is 1500. The molecule has 1 heterocycles. The summed E-state index contributed by atoms with van der Waals surface area (Å²) in [6, 6.07) is 17.0. The maximum atomic E-state index is 13.5. The molecule has 7 nitrogen and oxygen atoms in total. The fourth-order valence-electron chi connectivity index (χ4n) is 3.94. The second-order valence-electron chi connectivity index (χ2n) is 8.37. The van der Waals surface area contributed by atoms with Gasteiger partial charge in [-0.1, -0.05) is 59.6 Å². The lowest BCUT2D eigenvalue weighted by molar-refractivity contribution is -0.150. The Morgan fingerprint density at radius 1 is 1.14 bits per heavy atom. The van der Waals surface area contributed by atoms with Crippen molar-refractivity contribution in [3.8, 4) is 5.75 Å². The summed E-state index contributed by atoms with van der Waals surface area (Å²) in [5.41, 5.74) is 1.05. The fourth-order valence-corrected chi connectivity index (χ4v) is 4.30. The number of esters is 1. The van der Waals surface area contributed by atoms with Crippen molar-refractivity contribution in [3.63, 3.8) is 0 Å². The van der Waals surface area contributed by atoms with Gasteiger partial charge in [0, 0.05) is 16.5 Å². The molecule has 0 radical (unpaired) electrons. The molecule has 0 aliphatic rings. The van der Waals surface area contributed by atoms with Crippen LogP contribution in [0.25, 0.3) is 21.7 Å². The van der Waals surface area contributed by atoms with Crippen molar-refractivity contribution in [1.82, 2.24) is 9.66 Å². The number of nitrogens with zero attached hydrogens (tertiary/aromatic N) is 3. The van der Waals surface area contributed by atoms with E-state index in [1.165, 1.54) is 4.68 Å². The lowest BCUT2D eigenvalue weighted by Gasteiger charge is -2.16. The number of rotatable bonds is 9. The molecule has 0 aliphatic heterocycles. The largest absolute Gasteiger partial charge is 0.478 e. The molecule has 3 aromatic carbocycles. The molecule has 186 valence electrons. The zero-order valence-electron chi connectivity index (χ0n) is 20.5. The van der Waals surface area contributed by atoms with E-state index in [2.05, 4.69) is 28.0 Å². The maximum absolute atomic E-state index is 13.5. The molecule has 1 atom stereocenters. The average molecular weight is 550 g/mol. The van der Waals surface area contributed by atoms with E-state index in [1.54, 1.807) is 32.2 Å². The first-order chi connectivity index (χ1) is 17.4. The highest BCUT2D eigenvalue weighted by Gasteiger charge is 2.18. The SMILES string of the molecule is CCCCc1nc2ccc(Br)cc2c(=O)n1N=Cc1c(O[C@H](C)C(=O)OCC)ccc2ccccc12. The molecular formula is C28H28BrN3O4. The van der Waals surface area contributed by atoms with Crippen molar-refractivity contribution < 1.29 is 14.3 Å². The molecule has 0 amide bonds. The Kier molecular flexibility index (Phi) is 8.15. The number of aryl methyl sites for hydroxylation is 1. The van der Waals surface area contributed by atoms with Crippen LogP contribution < -0.4 is 10.3 Å². The zero-order chi connectivity index (χ0) is 25.7. The highest BCUT2D eigenvalue weighted by Crippen LogP contribution is 2.28. The van der Waals surface area contributed by atoms with Crippen LogP contribution in [0.2, 0.25) is 0 Å². The predicted octanol–water partition coefficient (Wildman–Crippen LogP) is 5.87. The van der Waals surface area contributed by atoms with Gasteiger partial charge in [-0.15, -0.1) is 0 Å². The third-order valence-corrected chi connectivity index (χ3v) is 6.28. The van der Waals surface area contributed by atoms with Crippen LogP contribution in [0, 0.1) is 0 Å². The number of ether oxygens (including phenoxy) is 2. The molecule has 8 heteroatoms. The third kappa shape index (κ3) is 5.49. The molecule has 36 heavy (non-hydrogen) atoms. The van der Waals surface area contributed by atoms with Gasteiger partial charge in [-0.3, -0.25) is 4.79 Å². The number of fused-ring (bicyclic) bond motifs is 2. The second-order valence-corrected chi connectivity index (χ2v) is 9.28. The van der Waals surface area contributed by atoms with Gasteiger partial charge in [0.25, 0.3) is 5.56 Å². The number of hydrogen-bond donors (Lipinski definition) is 0. The summed E-state index contributed by atoms with van der Waals surface area (Å²) in [6.45, 7) is 5.76. The first kappa shape index (κ1) is 25.6. The number of halogens is 1. The monoisotopic (exact) mass is 549 g/mol. The van der Waals surface area contributed by atoms with Crippen molar-refractivity contribution in [3.05, 3.63) is 80.8 Å². The number of carbonyl (C=O) groups is 1. The van der Waals surface area contributed by atoms with Gasteiger partial charge < -0.3 is 9.47 Å². The summed E-state index contributed by atoms with van der Waals surface area (Å²) in [4.78, 5) is 30.4. The first-order valence-electron chi connectivity index (χ1n) is 12.0. The van der Waals surface area contributed by atoms with Crippen molar-refractivity contribution in [2.75, 3.05) is 6.61 Å². The van der Waals surface area contributed by atoms with E-state index in [9.17, 15) is 9.59 Å². The summed E-state index contributed by atoms with van der Waals surface area (Å²) < 4.78 is 13.3. The van der Waals surface area contributed by atoms with Gasteiger partial charge >= 0.3 is 5.97 Å². The van der Waals surface area contributed by atoms with Gasteiger partial charge in [0.15, 0.2) is 6.10 Å². The lowest BCUT2D eigenvalue weighted by Crippen LogP contribution is -2.26. The molecule has 0 saturated carbocycles. The molecule has 0 spiro atoms. The molecule has 4 rings (SSSR count). The maximum Gasteiger partial charge on any atom is 0.347 e. The predicted molar refractivity (Wildman–Crippen MR) is 146 cm³/mol. The smallest absolute Gasteiger partial charge is 0.347 e. The van der Waals surface area contributed by atoms with Crippen molar-refractivity contribution in [2.24, 2.45) is 5.10 Å². The molecule has 1 aromatic heterocycles. The molecule has 0 N–H and O–H groups in total. The van der Waals surface area contributed by atoms with Gasteiger partial charge in [-0.05, 0) is 55.3 Å². The van der Waals surface area contributed by atoms with Crippen LogP contribution in [0.1, 0.15) is 45.0 Å². The topological polar surface area (TPSA) is 82.8 Å². The van der Waals surface area contributed by atoms with Crippen LogP contribution in [0.3, 0.4) is 0 Å². The molecule has 0 saturated heterocycles. The summed E-state index contributed by atoms with van der Waals surface area (Å²) in [5, 5.41) is 6.96. The summed E-state index contributed by atoms with van der Waals surface area (Å²) in [6.07, 6.45) is 3.27. The molecule has 0 aliphatic carbocycles. The number of hydrogen-bond acceptors (Lipinski definition) is 6. The molecule has 0 bridgehead atoms. The minimum absolute atomic E-state index is 0.244. The zero-order valence-corrected chi connectivity index (χ0v) is 22.1. The van der Waals surface area contributed by atoms with Crippen LogP contribution in [-0.2, 0) is 16.0 Å². The number of carbonyl (C=O) groups excluding carboxylic acids is 1. The van der Waals surface area contributed by atoms with E-state index in [1.807, 2.05) is 42.5 Å². The third-order valence-electron chi connectivity index (χ3n) is 5.78. The summed E-state index contributed by atoms with van der Waals surface area (Å²) >= 11 is 3.44. The van der Waals surface area contributed by atoms with E-state index in [4.69, 9.17) is 14.5 Å². The first-order valence-corrected chi connectivity index (χ1v) is 12.8. The fraction of sp³-hybridized carbons (Fsp3) is 0.286. The van der Waals surface area contributed by atoms with Crippen LogP contribution in [0.5, 0.6) is 5.75 Å². The Labute approximate surface area is 217 Å². The summed E-state index contributed by atoms with van der Waals surface area (Å²) in [7, 11) is 0. The van der Waals surface area contributed by atoms with Gasteiger partial charge in [-0.25, -0.2) is 9.78 Å². The van der Waals surface area contributed by atoms with E-state index in [0.29, 0.717) is 34.5 Å². The minimum Gasteiger partial charge on any atom is -0.478 e. The van der Waals surface area contributed by atoms with Gasteiger partial charge in [0.2, 0.25) is 0 Å². The second kappa shape index (κ2) is 11.5. The van der Waals surface area contributed by atoms with E-state index in [-0.39, 0.29) is 12.2 Å². The standard InChI is InChI=1S/C28H28BrN3O4/c1-4-6-11-26-31-24-14-13-20(29)16-22(24)27(33)32(26)30-17-23-21-10-8-7-9-19(21)12-15-25(23)36-18(3)28(34)35-5-2/h7-10,12-18H,4-6,11H2,1-3H3/t18-/m1/s1. The number of unbranched alkanes of at least 4 members (excludes halogenated alkanes) is 1. The quantitative estimate of drug-likeness (QED) is 0.192. The van der Waals surface area contributed by atoms with Gasteiger partial charge in [0.1, 0.15) is 11.6 Å². The van der Waals surface area contributed by atoms with Crippen LogP contribution in [0.4, 0.5) is 0 Å². The number of aromatic nitrogens is 2. The number of benzene rings is 3. The van der Waals surface area contributed by atoms with Gasteiger partial charge in [-0.2, -0.15) is 9.78 Å². The molecule has 0 unspecified atom stereocenters. The van der Waals surface area contributed by atoms with E-state index < -0.39 is 12.1 Å². The Hall–Kier alpha value is -3.52. The van der Waals surface area contributed by atoms with Gasteiger partial charge in [0.05, 0.1) is 23.7 Å². The minimum atomic E-state index is -0.805. The Balaban J connectivity index is 1.85. The van der Waals surface area contributed by atoms with Crippen LogP contribution in [0.15, 0.2) is 69.0 Å². The molecule has 0 fully saturated rings. The summed E-state index contributed by atoms with van der Waals surface area (Å²) in [5.74, 6) is 0.615. The molecular weight excluding hydrogens is 522 g/mol. The Morgan fingerprint density at radius 3 is 2.72 bits per heavy atom. The van der Waals surface area contributed by atoms with E-state index >= 15 is 0 Å². The molecule has 4 aromatic rings.